The fourth-order valence-electron chi connectivity index (χ4n) is 2.36. The summed E-state index contributed by atoms with van der Waals surface area (Å²) in [5.41, 5.74) is 0. The van der Waals surface area contributed by atoms with E-state index in [0.29, 0.717) is 17.7 Å². The van der Waals surface area contributed by atoms with E-state index < -0.39 is 0 Å². The Kier molecular flexibility index (Phi) is 4.50. The molecule has 1 fully saturated rings. The highest BCUT2D eigenvalue weighted by molar-refractivity contribution is 8.08. The second-order valence-electron chi connectivity index (χ2n) is 6.33. The monoisotopic (exact) mass is 337 g/mol. The number of nitrogens with one attached hydrogen (secondary N) is 1. The first kappa shape index (κ1) is 15.9. The molecule has 6 heteroatoms. The molecule has 0 aromatic carbocycles. The lowest BCUT2D eigenvalue weighted by atomic mass is 10.2. The van der Waals surface area contributed by atoms with Crippen LogP contribution >= 0.6 is 23.1 Å². The average Bonchev–Trinajstić information content (AvgIpc) is 3.16. The van der Waals surface area contributed by atoms with Crippen molar-refractivity contribution in [2.75, 3.05) is 12.8 Å². The van der Waals surface area contributed by atoms with Gasteiger partial charge < -0.3 is 10.2 Å². The second kappa shape index (κ2) is 6.24. The molecule has 0 unspecified atom stereocenters. The van der Waals surface area contributed by atoms with Crippen molar-refractivity contribution < 1.29 is 4.79 Å². The van der Waals surface area contributed by atoms with Crippen molar-refractivity contribution in [3.63, 3.8) is 0 Å². The predicted octanol–water partition coefficient (Wildman–Crippen LogP) is 1.86. The highest BCUT2D eigenvalue weighted by Gasteiger charge is 2.25. The van der Waals surface area contributed by atoms with E-state index >= 15 is 0 Å². The summed E-state index contributed by atoms with van der Waals surface area (Å²) in [5.74, 6) is 1.13. The van der Waals surface area contributed by atoms with E-state index in [4.69, 9.17) is 4.99 Å². The van der Waals surface area contributed by atoms with Gasteiger partial charge in [-0.15, -0.1) is 11.3 Å². The molecule has 1 aromatic heterocycles. The summed E-state index contributed by atoms with van der Waals surface area (Å²) < 4.78 is 1.11. The van der Waals surface area contributed by atoms with Crippen molar-refractivity contribution in [1.82, 2.24) is 10.2 Å². The number of thiophene rings is 1. The first-order valence-electron chi connectivity index (χ1n) is 7.82. The van der Waals surface area contributed by atoms with Gasteiger partial charge in [-0.2, -0.15) is 0 Å². The Morgan fingerprint density at radius 2 is 2.27 bits per heavy atom. The summed E-state index contributed by atoms with van der Waals surface area (Å²) in [6.45, 7) is 6.52. The van der Waals surface area contributed by atoms with Crippen molar-refractivity contribution in [3.05, 3.63) is 20.8 Å². The minimum absolute atomic E-state index is 0.125. The molecule has 2 heterocycles. The first-order valence-corrected chi connectivity index (χ1v) is 9.62. The topological polar surface area (TPSA) is 44.7 Å². The lowest BCUT2D eigenvalue weighted by Crippen LogP contribution is -2.40. The molecule has 0 spiro atoms. The molecule has 3 rings (SSSR count). The largest absolute Gasteiger partial charge is 0.353 e. The fraction of sp³-hybridized carbons (Fsp3) is 0.625. The lowest BCUT2D eigenvalue weighted by molar-refractivity contribution is -0.118. The average molecular weight is 338 g/mol. The third kappa shape index (κ3) is 3.33. The fourth-order valence-corrected chi connectivity index (χ4v) is 4.55. The standard InChI is InChI=1S/C16H23N3OS2/c1-9(2)13-7-12-15(22-13)17-10(3)19(4)16(12)21-8-14(20)18-11-5-6-11/h7,9-11H,5-6,8H2,1-4H3,(H,18,20)/t10-/m1/s1. The zero-order valence-electron chi connectivity index (χ0n) is 13.5. The molecule has 22 heavy (non-hydrogen) atoms. The van der Waals surface area contributed by atoms with Gasteiger partial charge in [-0.3, -0.25) is 4.79 Å². The highest BCUT2D eigenvalue weighted by atomic mass is 32.2. The summed E-state index contributed by atoms with van der Waals surface area (Å²) in [6, 6.07) is 2.68. The summed E-state index contributed by atoms with van der Waals surface area (Å²) in [4.78, 5) is 20.3. The van der Waals surface area contributed by atoms with Gasteiger partial charge in [0.15, 0.2) is 0 Å². The van der Waals surface area contributed by atoms with Crippen LogP contribution in [-0.2, 0) is 4.79 Å². The Morgan fingerprint density at radius 1 is 1.55 bits per heavy atom. The number of rotatable bonds is 5. The molecule has 4 nitrogen and oxygen atoms in total. The van der Waals surface area contributed by atoms with E-state index in [1.165, 1.54) is 15.1 Å². The van der Waals surface area contributed by atoms with Crippen molar-refractivity contribution in [2.45, 2.75) is 51.7 Å². The Hall–Kier alpha value is -1.01. The number of carbonyl (C=O) groups excluding carboxylic acids is 1. The molecule has 1 aliphatic carbocycles. The van der Waals surface area contributed by atoms with Gasteiger partial charge in [0.1, 0.15) is 10.8 Å². The van der Waals surface area contributed by atoms with Gasteiger partial charge in [-0.05, 0) is 31.7 Å². The maximum Gasteiger partial charge on any atom is 0.230 e. The van der Waals surface area contributed by atoms with Crippen LogP contribution < -0.4 is 15.2 Å². The molecular formula is C16H23N3OS2. The van der Waals surface area contributed by atoms with Gasteiger partial charge in [0, 0.05) is 23.2 Å². The minimum Gasteiger partial charge on any atom is -0.353 e. The Labute approximate surface area is 139 Å². The normalized spacial score (nSPS) is 20.9. The van der Waals surface area contributed by atoms with Gasteiger partial charge in [-0.25, -0.2) is 4.99 Å². The molecule has 0 bridgehead atoms. The first-order chi connectivity index (χ1) is 10.5. The molecule has 0 radical (unpaired) electrons. The van der Waals surface area contributed by atoms with Crippen molar-refractivity contribution in [1.29, 1.82) is 0 Å². The van der Waals surface area contributed by atoms with Gasteiger partial charge >= 0.3 is 0 Å². The number of amides is 1. The maximum absolute atomic E-state index is 12.0. The van der Waals surface area contributed by atoms with Crippen LogP contribution in [0.25, 0.3) is 5.03 Å². The zero-order valence-corrected chi connectivity index (χ0v) is 15.2. The van der Waals surface area contributed by atoms with E-state index in [1.54, 1.807) is 23.1 Å². The molecule has 1 amide bonds. The second-order valence-corrected chi connectivity index (χ2v) is 8.36. The molecule has 1 aliphatic heterocycles. The Balaban J connectivity index is 1.86. The Bertz CT molecular complexity index is 691. The van der Waals surface area contributed by atoms with Crippen LogP contribution in [0.5, 0.6) is 0 Å². The Morgan fingerprint density at radius 3 is 2.91 bits per heavy atom. The molecule has 1 atom stereocenters. The minimum atomic E-state index is 0.125. The molecule has 1 saturated carbocycles. The van der Waals surface area contributed by atoms with Crippen LogP contribution in [0.3, 0.4) is 0 Å². The van der Waals surface area contributed by atoms with Crippen LogP contribution in [0.4, 0.5) is 0 Å². The number of carbonyl (C=O) groups is 1. The van der Waals surface area contributed by atoms with Crippen LogP contribution in [0.2, 0.25) is 0 Å². The molecular weight excluding hydrogens is 314 g/mol. The molecule has 2 aliphatic rings. The summed E-state index contributed by atoms with van der Waals surface area (Å²) in [7, 11) is 2.06. The van der Waals surface area contributed by atoms with Gasteiger partial charge in [0.2, 0.25) is 5.91 Å². The van der Waals surface area contributed by atoms with Crippen molar-refractivity contribution in [2.24, 2.45) is 4.99 Å². The van der Waals surface area contributed by atoms with Gasteiger partial charge in [-0.1, -0.05) is 25.6 Å². The number of thioether (sulfide) groups is 1. The van der Waals surface area contributed by atoms with E-state index in [9.17, 15) is 4.79 Å². The zero-order chi connectivity index (χ0) is 15.9. The third-order valence-corrected chi connectivity index (χ3v) is 6.53. The van der Waals surface area contributed by atoms with Gasteiger partial charge in [0.05, 0.1) is 10.8 Å². The number of hydrogen-bond acceptors (Lipinski definition) is 5. The molecule has 1 aromatic rings. The van der Waals surface area contributed by atoms with E-state index in [0.717, 1.165) is 17.5 Å². The van der Waals surface area contributed by atoms with Crippen LogP contribution in [-0.4, -0.2) is 35.8 Å². The summed E-state index contributed by atoms with van der Waals surface area (Å²) in [5, 5.41) is 5.42. The van der Waals surface area contributed by atoms with Crippen LogP contribution in [0, 0.1) is 0 Å². The molecule has 0 saturated heterocycles. The number of hydrogen-bond donors (Lipinski definition) is 1. The number of nitrogens with zero attached hydrogens (tertiary/aromatic N) is 2. The SMILES string of the molecule is CC(C)c1cc2c(s1)=N[C@@H](C)N(C)C=2SCC(=O)NC1CC1. The van der Waals surface area contributed by atoms with E-state index in [2.05, 4.69) is 44.1 Å². The van der Waals surface area contributed by atoms with Crippen molar-refractivity contribution in [3.8, 4) is 0 Å². The molecule has 1 N–H and O–H groups in total. The quantitative estimate of drug-likeness (QED) is 0.892. The third-order valence-electron chi connectivity index (χ3n) is 4.00. The van der Waals surface area contributed by atoms with Gasteiger partial charge in [0.25, 0.3) is 0 Å². The van der Waals surface area contributed by atoms with E-state index in [1.807, 2.05) is 0 Å². The highest BCUT2D eigenvalue weighted by Crippen LogP contribution is 2.25. The number of fused-ring (bicyclic) bond motifs is 1. The lowest BCUT2D eigenvalue weighted by Gasteiger charge is -2.28. The summed E-state index contributed by atoms with van der Waals surface area (Å²) >= 11 is 3.41. The van der Waals surface area contributed by atoms with Crippen LogP contribution in [0.1, 0.15) is 44.4 Å². The van der Waals surface area contributed by atoms with E-state index in [-0.39, 0.29) is 12.1 Å². The molecule has 120 valence electrons. The predicted molar refractivity (Wildman–Crippen MR) is 93.4 cm³/mol. The van der Waals surface area contributed by atoms with Crippen molar-refractivity contribution >= 4 is 34.0 Å². The summed E-state index contributed by atoms with van der Waals surface area (Å²) in [6.07, 6.45) is 2.39. The smallest absolute Gasteiger partial charge is 0.230 e. The van der Waals surface area contributed by atoms with Crippen LogP contribution in [0.15, 0.2) is 11.1 Å². The maximum atomic E-state index is 12.0.